The molecule has 290 valence electrons. The van der Waals surface area contributed by atoms with E-state index in [-0.39, 0.29) is 48.7 Å². The van der Waals surface area contributed by atoms with Crippen LogP contribution in [0.4, 0.5) is 11.4 Å². The number of aliphatic hydroxyl groups is 2. The highest BCUT2D eigenvalue weighted by Gasteiger charge is 2.46. The number of carbonyl (C=O) groups is 1. The number of benzene rings is 3. The maximum atomic E-state index is 14.2. The van der Waals surface area contributed by atoms with Crippen molar-refractivity contribution < 1.29 is 34.0 Å². The molecule has 0 fully saturated rings. The number of aromatic nitrogens is 3. The molecule has 1 amide bonds. The smallest absolute Gasteiger partial charge is 0.249 e. The highest BCUT2D eigenvalue weighted by Crippen LogP contribution is 2.48. The Kier molecular flexibility index (Phi) is 12.9. The van der Waals surface area contributed by atoms with E-state index in [1.165, 1.54) is 0 Å². The van der Waals surface area contributed by atoms with Crippen LogP contribution in [0.2, 0.25) is 18.6 Å². The molecule has 6 atom stereocenters. The monoisotopic (exact) mass is 757 g/mol. The molecular formula is C41H55N5O7Si. The second-order valence-corrected chi connectivity index (χ2v) is 19.0. The lowest BCUT2D eigenvalue weighted by Crippen LogP contribution is -2.50. The van der Waals surface area contributed by atoms with E-state index in [1.807, 2.05) is 92.9 Å². The maximum Gasteiger partial charge on any atom is 0.249 e. The van der Waals surface area contributed by atoms with Gasteiger partial charge in [-0.3, -0.25) is 14.4 Å². The molecule has 54 heavy (non-hydrogen) atoms. The van der Waals surface area contributed by atoms with Crippen LogP contribution in [-0.2, 0) is 22.5 Å². The third-order valence-corrected chi connectivity index (χ3v) is 13.3. The summed E-state index contributed by atoms with van der Waals surface area (Å²) in [5.74, 6) is 0.988. The molecule has 12 nitrogen and oxygen atoms in total. The molecule has 4 aromatic rings. The van der Waals surface area contributed by atoms with Gasteiger partial charge in [0, 0.05) is 49.2 Å². The minimum atomic E-state index is -2.80. The van der Waals surface area contributed by atoms with Crippen LogP contribution in [0.3, 0.4) is 0 Å². The number of hydrogen-bond acceptors (Lipinski definition) is 10. The van der Waals surface area contributed by atoms with E-state index in [1.54, 1.807) is 16.7 Å². The number of aliphatic hydroxyl groups excluding tert-OH is 2. The van der Waals surface area contributed by atoms with Gasteiger partial charge in [-0.2, -0.15) is 0 Å². The Morgan fingerprint density at radius 1 is 1.07 bits per heavy atom. The van der Waals surface area contributed by atoms with Crippen molar-refractivity contribution in [3.63, 3.8) is 0 Å². The highest BCUT2D eigenvalue weighted by molar-refractivity contribution is 6.71. The van der Waals surface area contributed by atoms with E-state index < -0.39 is 14.4 Å². The van der Waals surface area contributed by atoms with Crippen molar-refractivity contribution in [2.75, 3.05) is 38.4 Å². The Labute approximate surface area is 319 Å². The lowest BCUT2D eigenvalue weighted by molar-refractivity contribution is -0.120. The molecule has 6 rings (SSSR count). The quantitative estimate of drug-likeness (QED) is 0.0804. The molecule has 0 saturated carbocycles. The van der Waals surface area contributed by atoms with Crippen molar-refractivity contribution in [2.45, 2.75) is 88.9 Å². The number of ether oxygens (including phenoxy) is 3. The predicted molar refractivity (Wildman–Crippen MR) is 210 cm³/mol. The number of nitrogens with one attached hydrogen (secondary N) is 1. The van der Waals surface area contributed by atoms with Gasteiger partial charge in [0.15, 0.2) is 8.32 Å². The zero-order valence-corrected chi connectivity index (χ0v) is 33.0. The normalized spacial score (nSPS) is 20.9. The molecule has 0 aliphatic carbocycles. The topological polar surface area (TPSA) is 151 Å². The van der Waals surface area contributed by atoms with Crippen molar-refractivity contribution in [2.24, 2.45) is 5.92 Å². The van der Waals surface area contributed by atoms with Gasteiger partial charge in [0.1, 0.15) is 17.6 Å². The molecule has 3 heterocycles. The molecule has 0 bridgehead atoms. The summed E-state index contributed by atoms with van der Waals surface area (Å²) in [5, 5.41) is 31.6. The van der Waals surface area contributed by atoms with Crippen molar-refractivity contribution in [1.82, 2.24) is 20.3 Å². The molecule has 0 spiro atoms. The van der Waals surface area contributed by atoms with E-state index in [0.29, 0.717) is 50.4 Å². The number of methoxy groups -OCH3 is 1. The molecule has 2 aliphatic rings. The van der Waals surface area contributed by atoms with E-state index >= 15 is 0 Å². The number of rotatable bonds is 17. The fourth-order valence-corrected chi connectivity index (χ4v) is 10.1. The number of carbonyl (C=O) groups excluding carboxylic acids is 1. The molecule has 13 heteroatoms. The zero-order chi connectivity index (χ0) is 38.4. The third kappa shape index (κ3) is 8.56. The fraction of sp³-hybridized carbons (Fsp3) is 0.488. The van der Waals surface area contributed by atoms with Gasteiger partial charge >= 0.3 is 0 Å². The number of hydrogen-bond donors (Lipinski definition) is 4. The van der Waals surface area contributed by atoms with Crippen LogP contribution >= 0.6 is 0 Å². The van der Waals surface area contributed by atoms with Gasteiger partial charge in [-0.05, 0) is 99.8 Å². The Morgan fingerprint density at radius 3 is 2.57 bits per heavy atom. The van der Waals surface area contributed by atoms with Crippen LogP contribution in [0.5, 0.6) is 11.5 Å². The van der Waals surface area contributed by atoms with E-state index in [9.17, 15) is 19.8 Å². The molecular weight excluding hydrogens is 703 g/mol. The highest BCUT2D eigenvalue weighted by atomic mass is 28.4. The van der Waals surface area contributed by atoms with Gasteiger partial charge in [0.05, 0.1) is 42.7 Å². The summed E-state index contributed by atoms with van der Waals surface area (Å²) in [7, 11) is -1.10. The minimum absolute atomic E-state index is 0.0503. The summed E-state index contributed by atoms with van der Waals surface area (Å²) in [6.45, 7) is 9.67. The summed E-state index contributed by atoms with van der Waals surface area (Å²) >= 11 is 0. The van der Waals surface area contributed by atoms with Crippen LogP contribution in [0.25, 0.3) is 0 Å². The van der Waals surface area contributed by atoms with Crippen LogP contribution < -0.4 is 19.7 Å². The van der Waals surface area contributed by atoms with Gasteiger partial charge in [-0.1, -0.05) is 42.5 Å². The predicted octanol–water partition coefficient (Wildman–Crippen LogP) is 5.50. The van der Waals surface area contributed by atoms with Gasteiger partial charge in [-0.25, -0.2) is 0 Å². The summed E-state index contributed by atoms with van der Waals surface area (Å²) in [6.07, 6.45) is 3.78. The fourth-order valence-electron chi connectivity index (χ4n) is 8.05. The summed E-state index contributed by atoms with van der Waals surface area (Å²) in [4.78, 5) is 27.7. The first-order valence-corrected chi connectivity index (χ1v) is 22.2. The molecule has 0 radical (unpaired) electrons. The number of unbranched alkanes of at least 4 members (excludes halogenated alkanes) is 1. The van der Waals surface area contributed by atoms with Crippen LogP contribution in [-0.4, -0.2) is 89.8 Å². The number of nitrogens with zero attached hydrogens (tertiary/aromatic N) is 4. The standard InChI is InChI=1S/C41H55N5O7Si/c1-6-52-31-15-16-36-29(22-31)23-34(42-19-10-11-21-47)41(49)46(36)30-14-17-37-32(24-30)39(51-3)27(2)40(53-37)38(54(4,5)50)18-20-45-25-35(43-44-45)33(26-48)28-12-8-7-9-13-28/h7-9,12-17,22,24-25,27,33-34,38-40,42,47-48,50H,6,10-11,18-21,23,26H2,1-5H3/t27-,33?,34?,38?,39-,40-/m0/s1. The van der Waals surface area contributed by atoms with Gasteiger partial charge in [0.2, 0.25) is 5.91 Å². The first-order chi connectivity index (χ1) is 26.1. The largest absolute Gasteiger partial charge is 0.494 e. The first-order valence-electron chi connectivity index (χ1n) is 19.1. The first kappa shape index (κ1) is 39.6. The van der Waals surface area contributed by atoms with E-state index in [2.05, 4.69) is 22.6 Å². The third-order valence-electron chi connectivity index (χ3n) is 10.9. The SMILES string of the molecule is CCOc1ccc2c(c1)CC(NCCCCO)C(=O)N2c1ccc2c(c1)[C@@H](OC)[C@H](C)[C@@H](C(CCn1cc(C(CO)c3ccccc3)nn1)[Si](C)(C)O)O2. The number of anilines is 2. The Hall–Kier alpha value is -4.11. The molecule has 4 N–H and O–H groups in total. The van der Waals surface area contributed by atoms with Crippen LogP contribution in [0, 0.1) is 5.92 Å². The molecule has 0 saturated heterocycles. The number of fused-ring (bicyclic) bond motifs is 2. The maximum absolute atomic E-state index is 14.2. The van der Waals surface area contributed by atoms with E-state index in [4.69, 9.17) is 14.2 Å². The molecule has 3 unspecified atom stereocenters. The molecule has 1 aromatic heterocycles. The second-order valence-electron chi connectivity index (χ2n) is 15.0. The number of aryl methyl sites for hydroxylation is 1. The summed E-state index contributed by atoms with van der Waals surface area (Å²) in [5.41, 5.74) is 4.89. The lowest BCUT2D eigenvalue weighted by Gasteiger charge is -2.44. The average molecular weight is 758 g/mol. The lowest BCUT2D eigenvalue weighted by atomic mass is 9.86. The molecule has 3 aromatic carbocycles. The zero-order valence-electron chi connectivity index (χ0n) is 32.0. The van der Waals surface area contributed by atoms with Crippen molar-refractivity contribution >= 4 is 25.6 Å². The van der Waals surface area contributed by atoms with Crippen molar-refractivity contribution in [3.8, 4) is 11.5 Å². The van der Waals surface area contributed by atoms with Gasteiger partial charge in [-0.15, -0.1) is 5.10 Å². The Bertz CT molecular complexity index is 1850. The van der Waals surface area contributed by atoms with Crippen molar-refractivity contribution in [1.29, 1.82) is 0 Å². The summed E-state index contributed by atoms with van der Waals surface area (Å²) in [6, 6.07) is 21.1. The minimum Gasteiger partial charge on any atom is -0.494 e. The molecule has 2 aliphatic heterocycles. The number of amides is 1. The van der Waals surface area contributed by atoms with Gasteiger partial charge in [0.25, 0.3) is 0 Å². The van der Waals surface area contributed by atoms with Crippen LogP contribution in [0.15, 0.2) is 72.9 Å². The van der Waals surface area contributed by atoms with Gasteiger partial charge < -0.3 is 34.5 Å². The van der Waals surface area contributed by atoms with Crippen molar-refractivity contribution in [3.05, 3.63) is 95.3 Å². The second kappa shape index (κ2) is 17.6. The van der Waals surface area contributed by atoms with E-state index in [0.717, 1.165) is 40.2 Å². The van der Waals surface area contributed by atoms with Crippen LogP contribution in [0.1, 0.15) is 67.5 Å². The average Bonchev–Trinajstić information content (AvgIpc) is 3.62. The Balaban J connectivity index is 1.25. The Morgan fingerprint density at radius 2 is 1.87 bits per heavy atom. The summed E-state index contributed by atoms with van der Waals surface area (Å²) < 4.78 is 20.6.